The highest BCUT2D eigenvalue weighted by Gasteiger charge is 2.51. The van der Waals surface area contributed by atoms with Gasteiger partial charge in [0.25, 0.3) is 0 Å². The summed E-state index contributed by atoms with van der Waals surface area (Å²) in [6, 6.07) is 14.6. The Hall–Kier alpha value is -2.31. The second-order valence-electron chi connectivity index (χ2n) is 10.2. The zero-order valence-corrected chi connectivity index (χ0v) is 19.1. The Morgan fingerprint density at radius 3 is 2.20 bits per heavy atom. The van der Waals surface area contributed by atoms with E-state index in [2.05, 4.69) is 94.7 Å². The van der Waals surface area contributed by atoms with E-state index < -0.39 is 7.12 Å². The first kappa shape index (κ1) is 20.9. The van der Waals surface area contributed by atoms with Gasteiger partial charge in [-0.1, -0.05) is 36.4 Å². The molecule has 0 spiro atoms. The molecule has 3 heterocycles. The van der Waals surface area contributed by atoms with Crippen LogP contribution in [0.25, 0.3) is 5.65 Å². The first-order valence-corrected chi connectivity index (χ1v) is 10.6. The molecule has 0 bridgehead atoms. The fourth-order valence-corrected chi connectivity index (χ4v) is 3.63. The molecule has 1 fully saturated rings. The third kappa shape index (κ3) is 3.99. The molecule has 0 aliphatic carbocycles. The summed E-state index contributed by atoms with van der Waals surface area (Å²) in [6.07, 6.45) is 2.86. The van der Waals surface area contributed by atoms with Crippen molar-refractivity contribution in [3.05, 3.63) is 59.9 Å². The van der Waals surface area contributed by atoms with Gasteiger partial charge in [-0.3, -0.25) is 4.40 Å². The van der Waals surface area contributed by atoms with Crippen LogP contribution in [-0.4, -0.2) is 33.2 Å². The number of nitrogens with one attached hydrogen (secondary N) is 1. The van der Waals surface area contributed by atoms with Crippen molar-refractivity contribution < 1.29 is 9.31 Å². The van der Waals surface area contributed by atoms with Crippen LogP contribution in [0, 0.1) is 0 Å². The van der Waals surface area contributed by atoms with Crippen LogP contribution < -0.4 is 10.8 Å². The SMILES string of the molecule is CC(C)(C)Nc1c(Cc2ccccc2)nc2ccc(B3OC(C)(C)C(C)(C)O3)cn12. The number of fused-ring (bicyclic) bond motifs is 1. The largest absolute Gasteiger partial charge is 0.496 e. The lowest BCUT2D eigenvalue weighted by Crippen LogP contribution is -2.41. The zero-order chi connectivity index (χ0) is 21.7. The Kier molecular flexibility index (Phi) is 4.98. The van der Waals surface area contributed by atoms with Crippen molar-refractivity contribution in [1.82, 2.24) is 9.38 Å². The lowest BCUT2D eigenvalue weighted by atomic mass is 9.80. The molecule has 1 saturated heterocycles. The van der Waals surface area contributed by atoms with E-state index in [0.29, 0.717) is 0 Å². The number of benzene rings is 1. The monoisotopic (exact) mass is 405 g/mol. The van der Waals surface area contributed by atoms with Gasteiger partial charge in [0, 0.05) is 18.2 Å². The topological polar surface area (TPSA) is 47.8 Å². The van der Waals surface area contributed by atoms with E-state index >= 15 is 0 Å². The second kappa shape index (κ2) is 7.14. The highest BCUT2D eigenvalue weighted by molar-refractivity contribution is 6.62. The molecule has 2 aromatic heterocycles. The Balaban J connectivity index is 1.76. The van der Waals surface area contributed by atoms with Crippen LogP contribution in [0.2, 0.25) is 0 Å². The van der Waals surface area contributed by atoms with Gasteiger partial charge in [0.2, 0.25) is 0 Å². The number of rotatable bonds is 4. The molecule has 5 nitrogen and oxygen atoms in total. The molecule has 1 aliphatic heterocycles. The van der Waals surface area contributed by atoms with Gasteiger partial charge in [-0.15, -0.1) is 0 Å². The standard InChI is InChI=1S/C24H32BN3O2/c1-22(2,3)27-21-19(15-17-11-9-8-10-12-17)26-20-14-13-18(16-28(20)21)25-29-23(4,5)24(6,7)30-25/h8-14,16,27H,15H2,1-7H3. The van der Waals surface area contributed by atoms with Gasteiger partial charge in [0.1, 0.15) is 11.5 Å². The molecule has 1 aromatic carbocycles. The minimum atomic E-state index is -0.401. The Morgan fingerprint density at radius 1 is 0.967 bits per heavy atom. The summed E-state index contributed by atoms with van der Waals surface area (Å²) in [5.74, 6) is 1.01. The van der Waals surface area contributed by atoms with E-state index in [0.717, 1.165) is 29.0 Å². The van der Waals surface area contributed by atoms with Gasteiger partial charge in [0.15, 0.2) is 0 Å². The lowest BCUT2D eigenvalue weighted by Gasteiger charge is -2.32. The van der Waals surface area contributed by atoms with Crippen molar-refractivity contribution >= 4 is 24.0 Å². The minimum Gasteiger partial charge on any atom is -0.399 e. The van der Waals surface area contributed by atoms with Crippen LogP contribution in [0.15, 0.2) is 48.7 Å². The molecule has 4 rings (SSSR count). The smallest absolute Gasteiger partial charge is 0.399 e. The molecule has 0 atom stereocenters. The zero-order valence-electron chi connectivity index (χ0n) is 19.1. The summed E-state index contributed by atoms with van der Waals surface area (Å²) < 4.78 is 14.7. The molecular formula is C24H32BN3O2. The average Bonchev–Trinajstić information content (AvgIpc) is 3.07. The van der Waals surface area contributed by atoms with Crippen molar-refractivity contribution in [3.8, 4) is 0 Å². The first-order chi connectivity index (χ1) is 14.0. The third-order valence-electron chi connectivity index (χ3n) is 5.95. The quantitative estimate of drug-likeness (QED) is 0.653. The van der Waals surface area contributed by atoms with Crippen molar-refractivity contribution in [2.75, 3.05) is 5.32 Å². The van der Waals surface area contributed by atoms with E-state index in [4.69, 9.17) is 14.3 Å². The highest BCUT2D eigenvalue weighted by Crippen LogP contribution is 2.36. The molecule has 0 unspecified atom stereocenters. The fraction of sp³-hybridized carbons (Fsp3) is 0.458. The summed E-state index contributed by atoms with van der Waals surface area (Å²) in [5, 5.41) is 3.66. The summed E-state index contributed by atoms with van der Waals surface area (Å²) in [4.78, 5) is 4.94. The maximum absolute atomic E-state index is 6.27. The molecule has 0 amide bonds. The molecule has 6 heteroatoms. The summed E-state index contributed by atoms with van der Waals surface area (Å²) >= 11 is 0. The van der Waals surface area contributed by atoms with Crippen LogP contribution in [-0.2, 0) is 15.7 Å². The molecule has 0 saturated carbocycles. The van der Waals surface area contributed by atoms with Crippen LogP contribution in [0.3, 0.4) is 0 Å². The van der Waals surface area contributed by atoms with Gasteiger partial charge in [0.05, 0.1) is 16.9 Å². The van der Waals surface area contributed by atoms with Gasteiger partial charge >= 0.3 is 7.12 Å². The molecule has 3 aromatic rings. The molecule has 158 valence electrons. The molecular weight excluding hydrogens is 373 g/mol. The van der Waals surface area contributed by atoms with Crippen molar-refractivity contribution in [3.63, 3.8) is 0 Å². The number of aromatic nitrogens is 2. The number of imidazole rings is 1. The number of nitrogens with zero attached hydrogens (tertiary/aromatic N) is 2. The van der Waals surface area contributed by atoms with Crippen LogP contribution in [0.4, 0.5) is 5.82 Å². The fourth-order valence-electron chi connectivity index (χ4n) is 3.63. The van der Waals surface area contributed by atoms with Gasteiger partial charge in [-0.25, -0.2) is 4.98 Å². The molecule has 1 N–H and O–H groups in total. The Morgan fingerprint density at radius 2 is 1.60 bits per heavy atom. The van der Waals surface area contributed by atoms with Gasteiger partial charge < -0.3 is 14.6 Å². The molecule has 30 heavy (non-hydrogen) atoms. The van der Waals surface area contributed by atoms with Crippen molar-refractivity contribution in [2.45, 2.75) is 71.6 Å². The maximum atomic E-state index is 6.27. The second-order valence-corrected chi connectivity index (χ2v) is 10.2. The summed E-state index contributed by atoms with van der Waals surface area (Å²) in [6.45, 7) is 14.8. The van der Waals surface area contributed by atoms with E-state index in [9.17, 15) is 0 Å². The van der Waals surface area contributed by atoms with Gasteiger partial charge in [-0.05, 0) is 65.6 Å². The lowest BCUT2D eigenvalue weighted by molar-refractivity contribution is 0.00578. The Bertz CT molecular complexity index is 1040. The van der Waals surface area contributed by atoms with E-state index in [1.807, 2.05) is 12.1 Å². The normalized spacial score (nSPS) is 18.2. The highest BCUT2D eigenvalue weighted by atomic mass is 16.7. The number of hydrogen-bond acceptors (Lipinski definition) is 4. The van der Waals surface area contributed by atoms with E-state index in [1.54, 1.807) is 0 Å². The minimum absolute atomic E-state index is 0.0955. The van der Waals surface area contributed by atoms with Crippen LogP contribution in [0.5, 0.6) is 0 Å². The predicted octanol–water partition coefficient (Wildman–Crippen LogP) is 4.43. The predicted molar refractivity (Wildman–Crippen MR) is 124 cm³/mol. The molecule has 0 radical (unpaired) electrons. The van der Waals surface area contributed by atoms with Crippen LogP contribution >= 0.6 is 0 Å². The average molecular weight is 405 g/mol. The molecule has 1 aliphatic rings. The maximum Gasteiger partial charge on any atom is 0.496 e. The van der Waals surface area contributed by atoms with Crippen LogP contribution in [0.1, 0.15) is 59.7 Å². The summed E-state index contributed by atoms with van der Waals surface area (Å²) in [5.41, 5.74) is 3.34. The summed E-state index contributed by atoms with van der Waals surface area (Å²) in [7, 11) is -0.401. The Labute approximate surface area is 180 Å². The van der Waals surface area contributed by atoms with E-state index in [1.165, 1.54) is 5.56 Å². The number of hydrogen-bond donors (Lipinski definition) is 1. The van der Waals surface area contributed by atoms with Crippen molar-refractivity contribution in [2.24, 2.45) is 0 Å². The van der Waals surface area contributed by atoms with Crippen molar-refractivity contribution in [1.29, 1.82) is 0 Å². The first-order valence-electron chi connectivity index (χ1n) is 10.6. The third-order valence-corrected chi connectivity index (χ3v) is 5.95. The van der Waals surface area contributed by atoms with Gasteiger partial charge in [-0.2, -0.15) is 0 Å². The number of pyridine rings is 1. The number of anilines is 1. The van der Waals surface area contributed by atoms with E-state index in [-0.39, 0.29) is 16.7 Å².